The average Bonchev–Trinajstić information content (AvgIpc) is 2.52. The number of carbonyl (C=O) groups is 2. The molecule has 1 atom stereocenters. The molecule has 0 saturated heterocycles. The van der Waals surface area contributed by atoms with Crippen molar-refractivity contribution in [3.63, 3.8) is 0 Å². The summed E-state index contributed by atoms with van der Waals surface area (Å²) in [6.45, 7) is 5.30. The number of benzene rings is 2. The molecule has 0 aliphatic carbocycles. The number of Topliss-reactive ketones (excluding diaryl/α,β-unsaturated/α-hetero) is 1. The standard InChI is InChI=1S/C19H20O3/c1-19(2,3)18(21)22-17(15-12-8-5-9-13-15)16(20)14-10-6-4-7-11-14/h4-13,17H,1-3H3. The molecule has 0 saturated carbocycles. The van der Waals surface area contributed by atoms with Crippen molar-refractivity contribution in [1.82, 2.24) is 0 Å². The topological polar surface area (TPSA) is 43.4 Å². The van der Waals surface area contributed by atoms with Crippen LogP contribution < -0.4 is 0 Å². The number of carbonyl (C=O) groups excluding carboxylic acids is 2. The molecule has 0 spiro atoms. The normalized spacial score (nSPS) is 12.5. The van der Waals surface area contributed by atoms with Crippen molar-refractivity contribution < 1.29 is 14.3 Å². The van der Waals surface area contributed by atoms with E-state index in [9.17, 15) is 9.59 Å². The molecule has 2 aromatic carbocycles. The molecule has 0 fully saturated rings. The molecular weight excluding hydrogens is 276 g/mol. The molecule has 0 radical (unpaired) electrons. The van der Waals surface area contributed by atoms with Crippen LogP contribution in [0.25, 0.3) is 0 Å². The number of hydrogen-bond donors (Lipinski definition) is 0. The molecular formula is C19H20O3. The first-order valence-corrected chi connectivity index (χ1v) is 7.25. The monoisotopic (exact) mass is 296 g/mol. The first-order chi connectivity index (χ1) is 10.4. The highest BCUT2D eigenvalue weighted by atomic mass is 16.5. The smallest absolute Gasteiger partial charge is 0.312 e. The minimum absolute atomic E-state index is 0.218. The Kier molecular flexibility index (Phi) is 4.76. The molecule has 2 rings (SSSR count). The first-order valence-electron chi connectivity index (χ1n) is 7.25. The van der Waals surface area contributed by atoms with E-state index in [0.29, 0.717) is 11.1 Å². The first kappa shape index (κ1) is 16.0. The molecule has 0 amide bonds. The summed E-state index contributed by atoms with van der Waals surface area (Å²) in [4.78, 5) is 24.9. The minimum atomic E-state index is -0.921. The summed E-state index contributed by atoms with van der Waals surface area (Å²) in [5.41, 5.74) is 0.538. The molecule has 0 heterocycles. The van der Waals surface area contributed by atoms with E-state index >= 15 is 0 Å². The number of ketones is 1. The van der Waals surface area contributed by atoms with Gasteiger partial charge in [0.05, 0.1) is 5.41 Å². The molecule has 0 aliphatic rings. The van der Waals surface area contributed by atoms with Crippen molar-refractivity contribution >= 4 is 11.8 Å². The second-order valence-corrected chi connectivity index (χ2v) is 6.18. The van der Waals surface area contributed by atoms with Gasteiger partial charge in [-0.1, -0.05) is 60.7 Å². The molecule has 3 heteroatoms. The van der Waals surface area contributed by atoms with Gasteiger partial charge in [0.25, 0.3) is 0 Å². The molecule has 1 unspecified atom stereocenters. The van der Waals surface area contributed by atoms with Gasteiger partial charge in [0.2, 0.25) is 5.78 Å². The Balaban J connectivity index is 2.34. The van der Waals surface area contributed by atoms with Gasteiger partial charge >= 0.3 is 5.97 Å². The lowest BCUT2D eigenvalue weighted by Crippen LogP contribution is -2.28. The fourth-order valence-corrected chi connectivity index (χ4v) is 1.94. The second kappa shape index (κ2) is 6.56. The SMILES string of the molecule is CC(C)(C)C(=O)OC(C(=O)c1ccccc1)c1ccccc1. The fourth-order valence-electron chi connectivity index (χ4n) is 1.94. The van der Waals surface area contributed by atoms with E-state index in [1.165, 1.54) is 0 Å². The van der Waals surface area contributed by atoms with E-state index in [1.54, 1.807) is 57.2 Å². The molecule has 22 heavy (non-hydrogen) atoms. The zero-order chi connectivity index (χ0) is 16.2. The fraction of sp³-hybridized carbons (Fsp3) is 0.263. The Morgan fingerprint density at radius 2 is 1.36 bits per heavy atom. The van der Waals surface area contributed by atoms with E-state index in [-0.39, 0.29) is 5.78 Å². The second-order valence-electron chi connectivity index (χ2n) is 6.18. The summed E-state index contributed by atoms with van der Waals surface area (Å²) in [6.07, 6.45) is -0.921. The van der Waals surface area contributed by atoms with E-state index in [1.807, 2.05) is 24.3 Å². The third-order valence-corrected chi connectivity index (χ3v) is 3.24. The Hall–Kier alpha value is -2.42. The quantitative estimate of drug-likeness (QED) is 0.627. The molecule has 0 bridgehead atoms. The lowest BCUT2D eigenvalue weighted by molar-refractivity contribution is -0.156. The number of esters is 1. The van der Waals surface area contributed by atoms with Gasteiger partial charge in [0.1, 0.15) is 0 Å². The van der Waals surface area contributed by atoms with Gasteiger partial charge in [-0.05, 0) is 20.8 Å². The van der Waals surface area contributed by atoms with Crippen molar-refractivity contribution in [1.29, 1.82) is 0 Å². The number of hydrogen-bond acceptors (Lipinski definition) is 3. The van der Waals surface area contributed by atoms with Gasteiger partial charge in [0.15, 0.2) is 6.10 Å². The van der Waals surface area contributed by atoms with Crippen molar-refractivity contribution in [3.8, 4) is 0 Å². The van der Waals surface area contributed by atoms with Crippen molar-refractivity contribution in [2.45, 2.75) is 26.9 Å². The molecule has 0 aromatic heterocycles. The Morgan fingerprint density at radius 3 is 1.86 bits per heavy atom. The summed E-state index contributed by atoms with van der Waals surface area (Å²) >= 11 is 0. The van der Waals surface area contributed by atoms with Crippen LogP contribution in [0.4, 0.5) is 0 Å². The van der Waals surface area contributed by atoms with Gasteiger partial charge in [-0.2, -0.15) is 0 Å². The van der Waals surface area contributed by atoms with Crippen LogP contribution in [0.1, 0.15) is 42.8 Å². The molecule has 0 aliphatic heterocycles. The van der Waals surface area contributed by atoms with Crippen LogP contribution >= 0.6 is 0 Å². The predicted molar refractivity (Wildman–Crippen MR) is 85.5 cm³/mol. The van der Waals surface area contributed by atoms with Crippen molar-refractivity contribution in [3.05, 3.63) is 71.8 Å². The molecule has 114 valence electrons. The van der Waals surface area contributed by atoms with E-state index in [0.717, 1.165) is 0 Å². The van der Waals surface area contributed by atoms with E-state index in [2.05, 4.69) is 0 Å². The van der Waals surface area contributed by atoms with Crippen LogP contribution in [0, 0.1) is 5.41 Å². The van der Waals surface area contributed by atoms with Crippen LogP contribution in [0.2, 0.25) is 0 Å². The van der Waals surface area contributed by atoms with E-state index in [4.69, 9.17) is 4.74 Å². The zero-order valence-corrected chi connectivity index (χ0v) is 13.1. The third-order valence-electron chi connectivity index (χ3n) is 3.24. The Labute approximate surface area is 130 Å². The lowest BCUT2D eigenvalue weighted by atomic mass is 9.96. The van der Waals surface area contributed by atoms with Gasteiger partial charge in [-0.15, -0.1) is 0 Å². The summed E-state index contributed by atoms with van der Waals surface area (Å²) in [7, 11) is 0. The highest BCUT2D eigenvalue weighted by Crippen LogP contribution is 2.26. The van der Waals surface area contributed by atoms with Crippen molar-refractivity contribution in [2.75, 3.05) is 0 Å². The van der Waals surface area contributed by atoms with E-state index < -0.39 is 17.5 Å². The molecule has 3 nitrogen and oxygen atoms in total. The Morgan fingerprint density at radius 1 is 0.864 bits per heavy atom. The van der Waals surface area contributed by atoms with Crippen LogP contribution in [0.5, 0.6) is 0 Å². The average molecular weight is 296 g/mol. The van der Waals surface area contributed by atoms with Gasteiger partial charge in [-0.3, -0.25) is 9.59 Å². The van der Waals surface area contributed by atoms with Gasteiger partial charge in [0, 0.05) is 11.1 Å². The third kappa shape index (κ3) is 3.82. The van der Waals surface area contributed by atoms with Crippen LogP contribution in [0.3, 0.4) is 0 Å². The molecule has 0 N–H and O–H groups in total. The maximum atomic E-state index is 12.7. The summed E-state index contributed by atoms with van der Waals surface area (Å²) in [5, 5.41) is 0. The van der Waals surface area contributed by atoms with Gasteiger partial charge < -0.3 is 4.74 Å². The maximum absolute atomic E-state index is 12.7. The highest BCUT2D eigenvalue weighted by Gasteiger charge is 2.31. The minimum Gasteiger partial charge on any atom is -0.449 e. The summed E-state index contributed by atoms with van der Waals surface area (Å²) in [6, 6.07) is 18.0. The molecule has 2 aromatic rings. The predicted octanol–water partition coefficient (Wildman–Crippen LogP) is 4.20. The highest BCUT2D eigenvalue weighted by molar-refractivity contribution is 6.01. The van der Waals surface area contributed by atoms with Crippen LogP contribution in [-0.4, -0.2) is 11.8 Å². The zero-order valence-electron chi connectivity index (χ0n) is 13.1. The van der Waals surface area contributed by atoms with Crippen LogP contribution in [-0.2, 0) is 9.53 Å². The largest absolute Gasteiger partial charge is 0.449 e. The summed E-state index contributed by atoms with van der Waals surface area (Å²) in [5.74, 6) is -0.616. The Bertz CT molecular complexity index is 639. The van der Waals surface area contributed by atoms with Gasteiger partial charge in [-0.25, -0.2) is 0 Å². The summed E-state index contributed by atoms with van der Waals surface area (Å²) < 4.78 is 5.53. The number of ether oxygens (including phenoxy) is 1. The van der Waals surface area contributed by atoms with Crippen LogP contribution in [0.15, 0.2) is 60.7 Å². The maximum Gasteiger partial charge on any atom is 0.312 e. The van der Waals surface area contributed by atoms with Crippen molar-refractivity contribution in [2.24, 2.45) is 5.41 Å². The lowest BCUT2D eigenvalue weighted by Gasteiger charge is -2.23. The number of rotatable bonds is 4.